The quantitative estimate of drug-likeness (QED) is 0.511. The van der Waals surface area contributed by atoms with Crippen LogP contribution in [-0.4, -0.2) is 32.0 Å². The van der Waals surface area contributed by atoms with Gasteiger partial charge in [-0.1, -0.05) is 18.2 Å². The number of carbonyl (C=O) groups is 2. The normalized spacial score (nSPS) is 10.6. The van der Waals surface area contributed by atoms with Gasteiger partial charge in [-0.3, -0.25) is 9.59 Å². The first-order valence-electron chi connectivity index (χ1n) is 8.83. The number of benzene rings is 2. The Hall–Kier alpha value is -3.92. The number of aryl methyl sites for hydroxylation is 1. The summed E-state index contributed by atoms with van der Waals surface area (Å²) in [5.41, 5.74) is 1.10. The molecule has 0 aliphatic carbocycles. The largest absolute Gasteiger partial charge is 0.322 e. The Bertz CT molecular complexity index is 1220. The summed E-state index contributed by atoms with van der Waals surface area (Å²) in [6.45, 7) is 1.64. The zero-order chi connectivity index (χ0) is 21.1. The van der Waals surface area contributed by atoms with Gasteiger partial charge in [0.25, 0.3) is 11.8 Å². The molecule has 0 aliphatic rings. The maximum Gasteiger partial charge on any atom is 0.265 e. The Morgan fingerprint density at radius 3 is 2.60 bits per heavy atom. The van der Waals surface area contributed by atoms with E-state index in [4.69, 9.17) is 0 Å². The summed E-state index contributed by atoms with van der Waals surface area (Å²) in [7, 11) is 0. The minimum Gasteiger partial charge on any atom is -0.322 e. The van der Waals surface area contributed by atoms with E-state index in [0.717, 1.165) is 0 Å². The number of thiophene rings is 1. The average Bonchev–Trinajstić information content (AvgIpc) is 3.42. The van der Waals surface area contributed by atoms with Crippen LogP contribution in [0.15, 0.2) is 60.0 Å². The molecule has 0 aliphatic heterocycles. The highest BCUT2D eigenvalue weighted by atomic mass is 32.1. The fraction of sp³-hybridized carbons (Fsp3) is 0.0500. The molecule has 2 aromatic heterocycles. The number of anilines is 2. The number of amides is 2. The minimum atomic E-state index is -0.535. The van der Waals surface area contributed by atoms with Gasteiger partial charge in [-0.2, -0.15) is 4.68 Å². The van der Waals surface area contributed by atoms with Crippen LogP contribution in [0.2, 0.25) is 0 Å². The highest BCUT2D eigenvalue weighted by molar-refractivity contribution is 7.12. The summed E-state index contributed by atoms with van der Waals surface area (Å²) < 4.78 is 15.5. The Balaban J connectivity index is 1.58. The molecule has 4 rings (SSSR count). The lowest BCUT2D eigenvalue weighted by Gasteiger charge is -2.12. The van der Waals surface area contributed by atoms with Crippen molar-refractivity contribution in [1.82, 2.24) is 20.2 Å². The maximum absolute atomic E-state index is 14.2. The summed E-state index contributed by atoms with van der Waals surface area (Å²) in [6.07, 6.45) is 0. The molecule has 150 valence electrons. The van der Waals surface area contributed by atoms with Crippen LogP contribution in [0.1, 0.15) is 25.9 Å². The second-order valence-corrected chi connectivity index (χ2v) is 7.18. The lowest BCUT2D eigenvalue weighted by Crippen LogP contribution is -2.18. The summed E-state index contributed by atoms with van der Waals surface area (Å²) in [4.78, 5) is 25.7. The zero-order valence-corrected chi connectivity index (χ0v) is 16.5. The number of halogens is 1. The minimum absolute atomic E-state index is 0.106. The number of tetrazole rings is 1. The van der Waals surface area contributed by atoms with Crippen LogP contribution in [0.5, 0.6) is 0 Å². The third kappa shape index (κ3) is 3.94. The molecule has 0 saturated carbocycles. The molecule has 2 aromatic carbocycles. The third-order valence-corrected chi connectivity index (χ3v) is 5.09. The lowest BCUT2D eigenvalue weighted by atomic mass is 10.1. The summed E-state index contributed by atoms with van der Waals surface area (Å²) >= 11 is 1.30. The van der Waals surface area contributed by atoms with Gasteiger partial charge in [0.1, 0.15) is 11.5 Å². The number of carbonyl (C=O) groups excluding carboxylic acids is 2. The Labute approximate surface area is 174 Å². The van der Waals surface area contributed by atoms with Crippen LogP contribution in [0.25, 0.3) is 5.69 Å². The van der Waals surface area contributed by atoms with E-state index in [1.165, 1.54) is 34.2 Å². The molecule has 0 unspecified atom stereocenters. The third-order valence-electron chi connectivity index (χ3n) is 4.22. The van der Waals surface area contributed by atoms with Gasteiger partial charge in [-0.05, 0) is 59.1 Å². The Morgan fingerprint density at radius 2 is 1.87 bits per heavy atom. The Morgan fingerprint density at radius 1 is 1.03 bits per heavy atom. The molecule has 0 bridgehead atoms. The van der Waals surface area contributed by atoms with Gasteiger partial charge in [0.15, 0.2) is 5.82 Å². The van der Waals surface area contributed by atoms with E-state index in [0.29, 0.717) is 22.1 Å². The van der Waals surface area contributed by atoms with Crippen molar-refractivity contribution in [3.8, 4) is 5.69 Å². The molecular weight excluding hydrogens is 407 g/mol. The standard InChI is InChI=1S/C20H15FN6O2S/c1-12-24-25-26-27(12)17-11-13(8-9-15(17)21)22-19(28)14-5-2-3-6-16(14)23-20(29)18-7-4-10-30-18/h2-11H,1H3,(H,22,28)(H,23,29). The van der Waals surface area contributed by atoms with Crippen LogP contribution >= 0.6 is 11.3 Å². The van der Waals surface area contributed by atoms with Crippen molar-refractivity contribution in [3.63, 3.8) is 0 Å². The van der Waals surface area contributed by atoms with Gasteiger partial charge in [-0.15, -0.1) is 16.4 Å². The highest BCUT2D eigenvalue weighted by Crippen LogP contribution is 2.22. The predicted octanol–water partition coefficient (Wildman–Crippen LogP) is 3.68. The number of para-hydroxylation sites is 1. The first kappa shape index (κ1) is 19.4. The summed E-state index contributed by atoms with van der Waals surface area (Å²) in [6, 6.07) is 14.2. The van der Waals surface area contributed by atoms with Crippen molar-refractivity contribution in [2.75, 3.05) is 10.6 Å². The SMILES string of the molecule is Cc1nnnn1-c1cc(NC(=O)c2ccccc2NC(=O)c2cccs2)ccc1F. The van der Waals surface area contributed by atoms with E-state index < -0.39 is 11.7 Å². The van der Waals surface area contributed by atoms with E-state index in [1.54, 1.807) is 48.7 Å². The molecule has 0 saturated heterocycles. The fourth-order valence-corrected chi connectivity index (χ4v) is 3.41. The number of hydrogen-bond donors (Lipinski definition) is 2. The number of aromatic nitrogens is 4. The molecule has 4 aromatic rings. The van der Waals surface area contributed by atoms with E-state index >= 15 is 0 Å². The number of nitrogens with zero attached hydrogens (tertiary/aromatic N) is 4. The molecule has 0 atom stereocenters. The first-order valence-corrected chi connectivity index (χ1v) is 9.71. The zero-order valence-electron chi connectivity index (χ0n) is 15.7. The molecule has 30 heavy (non-hydrogen) atoms. The van der Waals surface area contributed by atoms with Crippen molar-refractivity contribution < 1.29 is 14.0 Å². The van der Waals surface area contributed by atoms with Gasteiger partial charge in [-0.25, -0.2) is 4.39 Å². The van der Waals surface area contributed by atoms with E-state index in [2.05, 4.69) is 26.2 Å². The number of hydrogen-bond acceptors (Lipinski definition) is 6. The molecule has 2 N–H and O–H groups in total. The molecule has 0 spiro atoms. The molecule has 2 amide bonds. The van der Waals surface area contributed by atoms with Gasteiger partial charge in [0.2, 0.25) is 0 Å². The van der Waals surface area contributed by atoms with Gasteiger partial charge < -0.3 is 10.6 Å². The van der Waals surface area contributed by atoms with Crippen LogP contribution < -0.4 is 10.6 Å². The summed E-state index contributed by atoms with van der Waals surface area (Å²) in [5.74, 6) is -0.891. The summed E-state index contributed by atoms with van der Waals surface area (Å²) in [5, 5.41) is 18.3. The topological polar surface area (TPSA) is 102 Å². The van der Waals surface area contributed by atoms with Gasteiger partial charge >= 0.3 is 0 Å². The fourth-order valence-electron chi connectivity index (χ4n) is 2.79. The molecule has 0 fully saturated rings. The van der Waals surface area contributed by atoms with Gasteiger partial charge in [0, 0.05) is 5.69 Å². The lowest BCUT2D eigenvalue weighted by molar-refractivity contribution is 0.102. The second kappa shape index (κ2) is 8.21. The second-order valence-electron chi connectivity index (χ2n) is 6.24. The number of nitrogens with one attached hydrogen (secondary N) is 2. The molecule has 2 heterocycles. The van der Waals surface area contributed by atoms with Gasteiger partial charge in [0.05, 0.1) is 16.1 Å². The van der Waals surface area contributed by atoms with Crippen molar-refractivity contribution >= 4 is 34.5 Å². The van der Waals surface area contributed by atoms with Crippen molar-refractivity contribution in [2.45, 2.75) is 6.92 Å². The van der Waals surface area contributed by atoms with Crippen molar-refractivity contribution in [2.24, 2.45) is 0 Å². The highest BCUT2D eigenvalue weighted by Gasteiger charge is 2.16. The van der Waals surface area contributed by atoms with Crippen LogP contribution in [0.3, 0.4) is 0 Å². The predicted molar refractivity (Wildman–Crippen MR) is 111 cm³/mol. The maximum atomic E-state index is 14.2. The monoisotopic (exact) mass is 422 g/mol. The van der Waals surface area contributed by atoms with E-state index in [9.17, 15) is 14.0 Å². The smallest absolute Gasteiger partial charge is 0.265 e. The van der Waals surface area contributed by atoms with E-state index in [1.807, 2.05) is 0 Å². The van der Waals surface area contributed by atoms with E-state index in [-0.39, 0.29) is 17.2 Å². The Kier molecular flexibility index (Phi) is 5.31. The first-order chi connectivity index (χ1) is 14.5. The van der Waals surface area contributed by atoms with Crippen LogP contribution in [0, 0.1) is 12.7 Å². The molecular formula is C20H15FN6O2S. The number of rotatable bonds is 5. The molecule has 8 nitrogen and oxygen atoms in total. The average molecular weight is 422 g/mol. The molecule has 0 radical (unpaired) electrons. The van der Waals surface area contributed by atoms with Crippen LogP contribution in [-0.2, 0) is 0 Å². The van der Waals surface area contributed by atoms with Crippen molar-refractivity contribution in [3.05, 3.63) is 82.1 Å². The van der Waals surface area contributed by atoms with Crippen molar-refractivity contribution in [1.29, 1.82) is 0 Å². The van der Waals surface area contributed by atoms with Crippen LogP contribution in [0.4, 0.5) is 15.8 Å². The molecule has 10 heteroatoms.